The lowest BCUT2D eigenvalue weighted by molar-refractivity contribution is -0.121. The second kappa shape index (κ2) is 1.93. The van der Waals surface area contributed by atoms with Gasteiger partial charge in [0, 0.05) is 0 Å². The van der Waals surface area contributed by atoms with Crippen LogP contribution in [0.3, 0.4) is 0 Å². The summed E-state index contributed by atoms with van der Waals surface area (Å²) in [4.78, 5) is 20.9. The third-order valence-corrected chi connectivity index (χ3v) is 1.07. The number of allylic oxidation sites excluding steroid dienone is 2. The van der Waals surface area contributed by atoms with E-state index in [0.29, 0.717) is 0 Å². The summed E-state index contributed by atoms with van der Waals surface area (Å²) in [6, 6.07) is 0. The van der Waals surface area contributed by atoms with Crippen LogP contribution in [0.2, 0.25) is 0 Å². The van der Waals surface area contributed by atoms with Crippen LogP contribution in [0.4, 0.5) is 0 Å². The number of carbonyl (C=O) groups is 2. The zero-order chi connectivity index (χ0) is 6.85. The number of nitrogens with one attached hydrogen (secondary N) is 1. The van der Waals surface area contributed by atoms with Gasteiger partial charge in [-0.1, -0.05) is 0 Å². The van der Waals surface area contributed by atoms with E-state index in [9.17, 15) is 9.59 Å². The molecule has 0 radical (unpaired) electrons. The van der Waals surface area contributed by atoms with Gasteiger partial charge in [-0.2, -0.15) is 0 Å². The van der Waals surface area contributed by atoms with Crippen LogP contribution < -0.4 is 0 Å². The SMILES string of the molecule is N=C1C=CC(=O)CC1=O. The Balaban J connectivity index is 2.89. The fraction of sp³-hybridized carbons (Fsp3) is 0.167. The average Bonchev–Trinajstić information content (AvgIpc) is 1.80. The van der Waals surface area contributed by atoms with Crippen LogP contribution >= 0.6 is 0 Å². The van der Waals surface area contributed by atoms with Crippen LogP contribution in [0.15, 0.2) is 12.2 Å². The zero-order valence-corrected chi connectivity index (χ0v) is 4.68. The molecule has 1 rings (SSSR count). The van der Waals surface area contributed by atoms with Crippen molar-refractivity contribution in [1.29, 1.82) is 5.41 Å². The van der Waals surface area contributed by atoms with Crippen LogP contribution in [-0.4, -0.2) is 17.3 Å². The minimum atomic E-state index is -0.387. The van der Waals surface area contributed by atoms with E-state index in [4.69, 9.17) is 5.41 Å². The third-order valence-electron chi connectivity index (χ3n) is 1.07. The first-order valence-electron chi connectivity index (χ1n) is 2.53. The number of rotatable bonds is 0. The Kier molecular flexibility index (Phi) is 1.26. The van der Waals surface area contributed by atoms with Crippen LogP contribution in [0.25, 0.3) is 0 Å². The highest BCUT2D eigenvalue weighted by atomic mass is 16.1. The lowest BCUT2D eigenvalue weighted by Gasteiger charge is -1.99. The standard InChI is InChI=1S/C6H5NO2/c7-5-2-1-4(8)3-6(5)9/h1-2,7H,3H2. The summed E-state index contributed by atoms with van der Waals surface area (Å²) in [5, 5.41) is 6.90. The summed E-state index contributed by atoms with van der Waals surface area (Å²) in [5.74, 6) is -0.599. The number of ketones is 2. The summed E-state index contributed by atoms with van der Waals surface area (Å²) in [7, 11) is 0. The lowest BCUT2D eigenvalue weighted by Crippen LogP contribution is -2.18. The molecule has 0 spiro atoms. The molecule has 3 nitrogen and oxygen atoms in total. The van der Waals surface area contributed by atoms with Gasteiger partial charge < -0.3 is 0 Å². The molecule has 0 aliphatic heterocycles. The van der Waals surface area contributed by atoms with E-state index in [1.165, 1.54) is 12.2 Å². The molecule has 0 aromatic carbocycles. The molecule has 0 heterocycles. The van der Waals surface area contributed by atoms with Crippen LogP contribution in [0.5, 0.6) is 0 Å². The average molecular weight is 123 g/mol. The monoisotopic (exact) mass is 123 g/mol. The Morgan fingerprint density at radius 3 is 2.44 bits per heavy atom. The van der Waals surface area contributed by atoms with E-state index in [-0.39, 0.29) is 23.7 Å². The lowest BCUT2D eigenvalue weighted by atomic mass is 10.0. The quantitative estimate of drug-likeness (QED) is 0.464. The molecule has 0 fully saturated rings. The van der Waals surface area contributed by atoms with Crippen LogP contribution in [-0.2, 0) is 9.59 Å². The molecule has 1 aliphatic carbocycles. The van der Waals surface area contributed by atoms with Gasteiger partial charge in [0.05, 0.1) is 12.1 Å². The van der Waals surface area contributed by atoms with Crippen molar-refractivity contribution in [3.05, 3.63) is 12.2 Å². The topological polar surface area (TPSA) is 58.0 Å². The predicted octanol–water partition coefficient (Wildman–Crippen LogP) is 0.104. The summed E-state index contributed by atoms with van der Waals surface area (Å²) in [6.45, 7) is 0. The summed E-state index contributed by atoms with van der Waals surface area (Å²) in [5.41, 5.74) is -0.0744. The molecule has 0 saturated carbocycles. The van der Waals surface area contributed by atoms with Gasteiger partial charge in [-0.3, -0.25) is 15.0 Å². The third kappa shape index (κ3) is 1.10. The second-order valence-electron chi connectivity index (χ2n) is 1.81. The minimum Gasteiger partial charge on any atom is -0.297 e. The smallest absolute Gasteiger partial charge is 0.188 e. The Morgan fingerprint density at radius 1 is 1.33 bits per heavy atom. The fourth-order valence-corrected chi connectivity index (χ4v) is 0.582. The van der Waals surface area contributed by atoms with Crippen LogP contribution in [0, 0.1) is 5.41 Å². The molecule has 46 valence electrons. The van der Waals surface area contributed by atoms with Crippen molar-refractivity contribution in [2.45, 2.75) is 6.42 Å². The van der Waals surface area contributed by atoms with E-state index in [1.807, 2.05) is 0 Å². The van der Waals surface area contributed by atoms with Crippen molar-refractivity contribution in [3.8, 4) is 0 Å². The molecular weight excluding hydrogens is 118 g/mol. The largest absolute Gasteiger partial charge is 0.297 e. The molecule has 1 aliphatic rings. The van der Waals surface area contributed by atoms with E-state index < -0.39 is 0 Å². The van der Waals surface area contributed by atoms with Gasteiger partial charge in [0.2, 0.25) is 0 Å². The van der Waals surface area contributed by atoms with Crippen molar-refractivity contribution >= 4 is 17.3 Å². The molecule has 0 bridgehead atoms. The highest BCUT2D eigenvalue weighted by Gasteiger charge is 2.14. The number of hydrogen-bond donors (Lipinski definition) is 1. The molecule has 0 aromatic heterocycles. The van der Waals surface area contributed by atoms with Crippen molar-refractivity contribution in [1.82, 2.24) is 0 Å². The maximum atomic E-state index is 10.5. The van der Waals surface area contributed by atoms with E-state index in [2.05, 4.69) is 0 Å². The Labute approximate surface area is 51.9 Å². The number of hydrogen-bond acceptors (Lipinski definition) is 3. The van der Waals surface area contributed by atoms with Gasteiger partial charge in [0.25, 0.3) is 0 Å². The molecule has 0 aromatic rings. The molecule has 3 heteroatoms. The zero-order valence-electron chi connectivity index (χ0n) is 4.68. The first-order valence-corrected chi connectivity index (χ1v) is 2.53. The Bertz CT molecular complexity index is 215. The van der Waals surface area contributed by atoms with Gasteiger partial charge >= 0.3 is 0 Å². The molecule has 1 N–H and O–H groups in total. The van der Waals surface area contributed by atoms with Gasteiger partial charge in [0.15, 0.2) is 11.6 Å². The molecule has 0 amide bonds. The fourth-order valence-electron chi connectivity index (χ4n) is 0.582. The number of carbonyl (C=O) groups excluding carboxylic acids is 2. The Morgan fingerprint density at radius 2 is 2.00 bits per heavy atom. The maximum Gasteiger partial charge on any atom is 0.188 e. The van der Waals surface area contributed by atoms with E-state index in [1.54, 1.807) is 0 Å². The van der Waals surface area contributed by atoms with Gasteiger partial charge in [-0.05, 0) is 12.2 Å². The molecule has 0 atom stereocenters. The van der Waals surface area contributed by atoms with Crippen molar-refractivity contribution in [3.63, 3.8) is 0 Å². The summed E-state index contributed by atoms with van der Waals surface area (Å²) < 4.78 is 0. The normalized spacial score (nSPS) is 18.9. The van der Waals surface area contributed by atoms with E-state index in [0.717, 1.165) is 0 Å². The molecule has 0 saturated heterocycles. The number of Topliss-reactive ketones (excluding diaryl/α,β-unsaturated/α-hetero) is 1. The van der Waals surface area contributed by atoms with E-state index >= 15 is 0 Å². The van der Waals surface area contributed by atoms with Gasteiger partial charge in [-0.15, -0.1) is 0 Å². The minimum absolute atomic E-state index is 0.0744. The van der Waals surface area contributed by atoms with Gasteiger partial charge in [0.1, 0.15) is 0 Å². The predicted molar refractivity (Wildman–Crippen MR) is 31.5 cm³/mol. The molecule has 0 unspecified atom stereocenters. The Hall–Kier alpha value is -1.25. The first kappa shape index (κ1) is 5.88. The van der Waals surface area contributed by atoms with Gasteiger partial charge in [-0.25, -0.2) is 0 Å². The maximum absolute atomic E-state index is 10.5. The van der Waals surface area contributed by atoms with Crippen molar-refractivity contribution in [2.24, 2.45) is 0 Å². The molecule has 9 heavy (non-hydrogen) atoms. The van der Waals surface area contributed by atoms with Crippen molar-refractivity contribution < 1.29 is 9.59 Å². The highest BCUT2D eigenvalue weighted by Crippen LogP contribution is 1.97. The molecular formula is C6H5NO2. The summed E-state index contributed by atoms with van der Waals surface area (Å²) >= 11 is 0. The summed E-state index contributed by atoms with van der Waals surface area (Å²) in [6.07, 6.45) is 2.35. The second-order valence-corrected chi connectivity index (χ2v) is 1.81. The highest BCUT2D eigenvalue weighted by molar-refractivity contribution is 6.48. The van der Waals surface area contributed by atoms with Crippen LogP contribution in [0.1, 0.15) is 6.42 Å². The van der Waals surface area contributed by atoms with Crippen molar-refractivity contribution in [2.75, 3.05) is 0 Å². The first-order chi connectivity index (χ1) is 4.20.